The van der Waals surface area contributed by atoms with Crippen LogP contribution in [0.15, 0.2) is 0 Å². The molecule has 0 aliphatic carbocycles. The van der Waals surface area contributed by atoms with E-state index in [-0.39, 0.29) is 12.1 Å². The lowest BCUT2D eigenvalue weighted by Crippen LogP contribution is -2.55. The zero-order chi connectivity index (χ0) is 12.5. The molecular weight excluding hydrogens is 232 g/mol. The second kappa shape index (κ2) is 5.47. The predicted octanol–water partition coefficient (Wildman–Crippen LogP) is 1.57. The fraction of sp³-hybridized carbons (Fsp3) is 1.00. The summed E-state index contributed by atoms with van der Waals surface area (Å²) in [5.41, 5.74) is 6.44. The van der Waals surface area contributed by atoms with Gasteiger partial charge in [0.05, 0.1) is 12.7 Å². The molecule has 2 rings (SSSR count). The Balaban J connectivity index is 1.92. The van der Waals surface area contributed by atoms with Gasteiger partial charge in [-0.15, -0.1) is 0 Å². The van der Waals surface area contributed by atoms with Gasteiger partial charge in [0.2, 0.25) is 0 Å². The molecule has 2 aliphatic rings. The maximum Gasteiger partial charge on any atom is 0.0850 e. The Morgan fingerprint density at radius 3 is 2.88 bits per heavy atom. The van der Waals surface area contributed by atoms with Crippen LogP contribution in [0.3, 0.4) is 0 Å². The Hall–Kier alpha value is 0.230. The lowest BCUT2D eigenvalue weighted by molar-refractivity contribution is -0.0533. The van der Waals surface area contributed by atoms with Crippen LogP contribution >= 0.6 is 11.8 Å². The summed E-state index contributed by atoms with van der Waals surface area (Å²) in [7, 11) is 0. The first kappa shape index (κ1) is 13.7. The second-order valence-corrected chi connectivity index (χ2v) is 7.33. The summed E-state index contributed by atoms with van der Waals surface area (Å²) < 4.78 is 5.74. The first-order chi connectivity index (χ1) is 7.98. The number of hydrogen-bond donors (Lipinski definition) is 1. The molecule has 0 aromatic rings. The highest BCUT2D eigenvalue weighted by Crippen LogP contribution is 2.36. The van der Waals surface area contributed by atoms with Gasteiger partial charge >= 0.3 is 0 Å². The highest BCUT2D eigenvalue weighted by Gasteiger charge is 2.34. The normalized spacial score (nSPS) is 36.7. The molecule has 100 valence electrons. The van der Waals surface area contributed by atoms with Crippen LogP contribution in [-0.2, 0) is 4.74 Å². The average molecular weight is 258 g/mol. The van der Waals surface area contributed by atoms with Crippen molar-refractivity contribution in [3.8, 4) is 0 Å². The molecule has 2 heterocycles. The third-order valence-electron chi connectivity index (χ3n) is 3.82. The largest absolute Gasteiger partial charge is 0.374 e. The van der Waals surface area contributed by atoms with Crippen LogP contribution in [-0.4, -0.2) is 54.3 Å². The Morgan fingerprint density at radius 1 is 1.47 bits per heavy atom. The molecule has 2 N–H and O–H groups in total. The van der Waals surface area contributed by atoms with E-state index in [4.69, 9.17) is 10.5 Å². The van der Waals surface area contributed by atoms with Gasteiger partial charge < -0.3 is 10.5 Å². The summed E-state index contributed by atoms with van der Waals surface area (Å²) >= 11 is 2.10. The number of nitrogens with zero attached hydrogens (tertiary/aromatic N) is 1. The monoisotopic (exact) mass is 258 g/mol. The van der Waals surface area contributed by atoms with E-state index in [9.17, 15) is 0 Å². The third-order valence-corrected chi connectivity index (χ3v) is 5.43. The summed E-state index contributed by atoms with van der Waals surface area (Å²) in [5.74, 6) is 2.57. The van der Waals surface area contributed by atoms with Gasteiger partial charge in [-0.1, -0.05) is 13.8 Å². The van der Waals surface area contributed by atoms with Crippen molar-refractivity contribution in [1.29, 1.82) is 0 Å². The summed E-state index contributed by atoms with van der Waals surface area (Å²) in [6, 6.07) is 0.857. The molecule has 0 amide bonds. The molecule has 2 fully saturated rings. The van der Waals surface area contributed by atoms with Gasteiger partial charge in [0.25, 0.3) is 0 Å². The maximum atomic E-state index is 5.96. The minimum atomic E-state index is 0.141. The summed E-state index contributed by atoms with van der Waals surface area (Å²) in [6.07, 6.45) is 1.53. The van der Waals surface area contributed by atoms with Crippen LogP contribution in [0, 0.1) is 5.41 Å². The lowest BCUT2D eigenvalue weighted by atomic mass is 9.87. The van der Waals surface area contributed by atoms with Crippen LogP contribution in [0.1, 0.15) is 27.2 Å². The fourth-order valence-corrected chi connectivity index (χ4v) is 4.20. The van der Waals surface area contributed by atoms with E-state index in [2.05, 4.69) is 30.5 Å². The zero-order valence-corrected chi connectivity index (χ0v) is 12.1. The minimum Gasteiger partial charge on any atom is -0.374 e. The van der Waals surface area contributed by atoms with Crippen molar-refractivity contribution in [2.75, 3.05) is 31.2 Å². The smallest absolute Gasteiger partial charge is 0.0850 e. The van der Waals surface area contributed by atoms with Crippen LogP contribution in [0.25, 0.3) is 0 Å². The number of hydrogen-bond acceptors (Lipinski definition) is 4. The third kappa shape index (κ3) is 3.60. The molecule has 0 spiro atoms. The van der Waals surface area contributed by atoms with Crippen molar-refractivity contribution in [1.82, 2.24) is 4.90 Å². The standard InChI is InChI=1S/C13H26N2OS/c1-10(14)12-7-15(4-5-16-12)11-6-13(2,3)9-17-8-11/h10-12H,4-9,14H2,1-3H3. The van der Waals surface area contributed by atoms with Crippen molar-refractivity contribution in [2.24, 2.45) is 11.1 Å². The van der Waals surface area contributed by atoms with E-state index < -0.39 is 0 Å². The predicted molar refractivity (Wildman–Crippen MR) is 74.5 cm³/mol. The Morgan fingerprint density at radius 2 is 2.24 bits per heavy atom. The zero-order valence-electron chi connectivity index (χ0n) is 11.3. The van der Waals surface area contributed by atoms with Crippen LogP contribution < -0.4 is 5.73 Å². The number of nitrogens with two attached hydrogens (primary N) is 1. The van der Waals surface area contributed by atoms with Gasteiger partial charge in [-0.3, -0.25) is 4.90 Å². The molecule has 17 heavy (non-hydrogen) atoms. The Labute approximate surface area is 109 Å². The number of rotatable bonds is 2. The van der Waals surface area contributed by atoms with Crippen molar-refractivity contribution >= 4 is 11.8 Å². The molecule has 0 aromatic carbocycles. The maximum absolute atomic E-state index is 5.96. The van der Waals surface area contributed by atoms with E-state index in [1.807, 2.05) is 6.92 Å². The van der Waals surface area contributed by atoms with Crippen molar-refractivity contribution < 1.29 is 4.74 Å². The molecule has 3 unspecified atom stereocenters. The van der Waals surface area contributed by atoms with Gasteiger partial charge in [-0.25, -0.2) is 0 Å². The average Bonchev–Trinajstić information content (AvgIpc) is 2.28. The fourth-order valence-electron chi connectivity index (χ4n) is 2.81. The van der Waals surface area contributed by atoms with Crippen LogP contribution in [0.2, 0.25) is 0 Å². The van der Waals surface area contributed by atoms with Gasteiger partial charge in [-0.05, 0) is 24.5 Å². The van der Waals surface area contributed by atoms with E-state index in [1.165, 1.54) is 17.9 Å². The molecule has 0 saturated carbocycles. The van der Waals surface area contributed by atoms with E-state index in [0.717, 1.165) is 19.7 Å². The first-order valence-corrected chi connectivity index (χ1v) is 7.82. The van der Waals surface area contributed by atoms with Crippen molar-refractivity contribution in [3.05, 3.63) is 0 Å². The quantitative estimate of drug-likeness (QED) is 0.816. The molecule has 3 nitrogen and oxygen atoms in total. The first-order valence-electron chi connectivity index (χ1n) is 6.67. The number of ether oxygens (including phenoxy) is 1. The molecule has 0 bridgehead atoms. The van der Waals surface area contributed by atoms with Crippen LogP contribution in [0.4, 0.5) is 0 Å². The second-order valence-electron chi connectivity index (χ2n) is 6.30. The van der Waals surface area contributed by atoms with E-state index in [0.29, 0.717) is 11.5 Å². The molecular formula is C13H26N2OS. The number of thioether (sulfide) groups is 1. The van der Waals surface area contributed by atoms with Crippen LogP contribution in [0.5, 0.6) is 0 Å². The molecule has 2 saturated heterocycles. The van der Waals surface area contributed by atoms with Gasteiger partial charge in [-0.2, -0.15) is 11.8 Å². The molecule has 3 atom stereocenters. The van der Waals surface area contributed by atoms with E-state index >= 15 is 0 Å². The summed E-state index contributed by atoms with van der Waals surface area (Å²) in [4.78, 5) is 2.60. The number of morpholine rings is 1. The highest BCUT2D eigenvalue weighted by atomic mass is 32.2. The molecule has 0 radical (unpaired) electrons. The summed E-state index contributed by atoms with van der Waals surface area (Å²) in [5, 5.41) is 0. The SMILES string of the molecule is CC(N)C1CN(C2CSCC(C)(C)C2)CCO1. The lowest BCUT2D eigenvalue weighted by Gasteiger charge is -2.44. The van der Waals surface area contributed by atoms with Gasteiger partial charge in [0.15, 0.2) is 0 Å². The molecule has 0 aromatic heterocycles. The van der Waals surface area contributed by atoms with Gasteiger partial charge in [0, 0.05) is 30.9 Å². The Kier molecular flexibility index (Phi) is 4.40. The summed E-state index contributed by atoms with van der Waals surface area (Å²) in [6.45, 7) is 9.75. The minimum absolute atomic E-state index is 0.141. The van der Waals surface area contributed by atoms with Gasteiger partial charge in [0.1, 0.15) is 0 Å². The van der Waals surface area contributed by atoms with Crippen molar-refractivity contribution in [2.45, 2.75) is 45.4 Å². The highest BCUT2D eigenvalue weighted by molar-refractivity contribution is 7.99. The molecule has 4 heteroatoms. The van der Waals surface area contributed by atoms with Crippen molar-refractivity contribution in [3.63, 3.8) is 0 Å². The molecule has 2 aliphatic heterocycles. The Bertz CT molecular complexity index is 258. The topological polar surface area (TPSA) is 38.5 Å². The van der Waals surface area contributed by atoms with E-state index in [1.54, 1.807) is 0 Å².